The van der Waals surface area contributed by atoms with Crippen LogP contribution in [0.4, 0.5) is 0 Å². The lowest BCUT2D eigenvalue weighted by Crippen LogP contribution is -2.37. The van der Waals surface area contributed by atoms with Crippen LogP contribution in [-0.4, -0.2) is 48.8 Å². The van der Waals surface area contributed by atoms with Crippen molar-refractivity contribution < 1.29 is 8.42 Å². The number of sulfonamides is 1. The van der Waals surface area contributed by atoms with E-state index in [1.54, 1.807) is 28.3 Å². The molecule has 2 rings (SSSR count). The lowest BCUT2D eigenvalue weighted by molar-refractivity contribution is 0.443. The first-order chi connectivity index (χ1) is 8.64. The van der Waals surface area contributed by atoms with Crippen LogP contribution in [0.2, 0.25) is 0 Å². The third-order valence-electron chi connectivity index (χ3n) is 2.89. The van der Waals surface area contributed by atoms with Gasteiger partial charge in [0, 0.05) is 43.0 Å². The maximum Gasteiger partial charge on any atom is 0.244 e. The molecule has 1 saturated heterocycles. The highest BCUT2D eigenvalue weighted by Crippen LogP contribution is 2.20. The molecule has 2 heterocycles. The van der Waals surface area contributed by atoms with E-state index in [0.29, 0.717) is 24.5 Å². The summed E-state index contributed by atoms with van der Waals surface area (Å²) in [7, 11) is -3.31. The molecular formula is C11H19N3O2S2. The highest BCUT2D eigenvalue weighted by atomic mass is 32.2. The SMILES string of the molecule is CCNCc1cc(S(=O)(=O)N2CCSCC2)c[nH]1. The summed E-state index contributed by atoms with van der Waals surface area (Å²) in [5, 5.41) is 3.17. The summed E-state index contributed by atoms with van der Waals surface area (Å²) in [6.07, 6.45) is 1.59. The molecule has 1 aromatic heterocycles. The fraction of sp³-hybridized carbons (Fsp3) is 0.636. The van der Waals surface area contributed by atoms with Gasteiger partial charge in [0.1, 0.15) is 0 Å². The summed E-state index contributed by atoms with van der Waals surface area (Å²) in [5.74, 6) is 1.77. The summed E-state index contributed by atoms with van der Waals surface area (Å²) >= 11 is 1.80. The van der Waals surface area contributed by atoms with Gasteiger partial charge >= 0.3 is 0 Å². The standard InChI is InChI=1S/C11H19N3O2S2/c1-2-12-8-10-7-11(9-13-10)18(15,16)14-3-5-17-6-4-14/h7,9,12-13H,2-6,8H2,1H3. The Morgan fingerprint density at radius 1 is 1.44 bits per heavy atom. The van der Waals surface area contributed by atoms with Crippen molar-refractivity contribution in [2.75, 3.05) is 31.1 Å². The van der Waals surface area contributed by atoms with Crippen molar-refractivity contribution in [2.45, 2.75) is 18.4 Å². The lowest BCUT2D eigenvalue weighted by atomic mass is 10.4. The number of aromatic nitrogens is 1. The molecule has 0 radical (unpaired) electrons. The Morgan fingerprint density at radius 3 is 2.83 bits per heavy atom. The van der Waals surface area contributed by atoms with Gasteiger partial charge in [0.2, 0.25) is 10.0 Å². The first-order valence-corrected chi connectivity index (χ1v) is 8.70. The van der Waals surface area contributed by atoms with Gasteiger partial charge in [0.05, 0.1) is 4.90 Å². The monoisotopic (exact) mass is 289 g/mol. The van der Waals surface area contributed by atoms with E-state index >= 15 is 0 Å². The molecule has 0 bridgehead atoms. The molecule has 0 unspecified atom stereocenters. The van der Waals surface area contributed by atoms with Gasteiger partial charge in [-0.1, -0.05) is 6.92 Å². The van der Waals surface area contributed by atoms with Crippen LogP contribution in [0.3, 0.4) is 0 Å². The van der Waals surface area contributed by atoms with E-state index in [1.807, 2.05) is 6.92 Å². The zero-order valence-electron chi connectivity index (χ0n) is 10.5. The molecule has 0 spiro atoms. The average Bonchev–Trinajstić information content (AvgIpc) is 2.87. The van der Waals surface area contributed by atoms with Crippen molar-refractivity contribution in [1.82, 2.24) is 14.6 Å². The van der Waals surface area contributed by atoms with Crippen molar-refractivity contribution in [1.29, 1.82) is 0 Å². The van der Waals surface area contributed by atoms with Crippen LogP contribution in [0.15, 0.2) is 17.2 Å². The number of H-pyrrole nitrogens is 1. The van der Waals surface area contributed by atoms with Crippen molar-refractivity contribution in [2.24, 2.45) is 0 Å². The van der Waals surface area contributed by atoms with E-state index < -0.39 is 10.0 Å². The molecule has 0 aliphatic carbocycles. The first-order valence-electron chi connectivity index (χ1n) is 6.10. The molecule has 0 saturated carbocycles. The molecule has 1 aliphatic rings. The summed E-state index contributed by atoms with van der Waals surface area (Å²) < 4.78 is 26.3. The number of nitrogens with zero attached hydrogens (tertiary/aromatic N) is 1. The molecule has 0 aromatic carbocycles. The predicted octanol–water partition coefficient (Wildman–Crippen LogP) is 0.862. The lowest BCUT2D eigenvalue weighted by Gasteiger charge is -2.24. The fourth-order valence-corrected chi connectivity index (χ4v) is 4.46. The summed E-state index contributed by atoms with van der Waals surface area (Å²) in [6.45, 7) is 4.78. The van der Waals surface area contributed by atoms with Crippen LogP contribution < -0.4 is 5.32 Å². The Bertz CT molecular complexity index is 478. The second-order valence-corrected chi connectivity index (χ2v) is 7.32. The van der Waals surface area contributed by atoms with Crippen LogP contribution in [0.5, 0.6) is 0 Å². The highest BCUT2D eigenvalue weighted by molar-refractivity contribution is 7.99. The molecular weight excluding hydrogens is 270 g/mol. The Labute approximate surface area is 112 Å². The second kappa shape index (κ2) is 6.10. The van der Waals surface area contributed by atoms with Crippen molar-refractivity contribution in [3.8, 4) is 0 Å². The van der Waals surface area contributed by atoms with E-state index in [2.05, 4.69) is 10.3 Å². The van der Waals surface area contributed by atoms with Crippen LogP contribution in [0.1, 0.15) is 12.6 Å². The van der Waals surface area contributed by atoms with Gasteiger partial charge < -0.3 is 10.3 Å². The zero-order valence-corrected chi connectivity index (χ0v) is 12.1. The van der Waals surface area contributed by atoms with Gasteiger partial charge in [-0.25, -0.2) is 8.42 Å². The van der Waals surface area contributed by atoms with E-state index in [0.717, 1.165) is 23.7 Å². The maximum atomic E-state index is 12.4. The first kappa shape index (κ1) is 13.9. The second-order valence-electron chi connectivity index (χ2n) is 4.16. The quantitative estimate of drug-likeness (QED) is 0.844. The van der Waals surface area contributed by atoms with Gasteiger partial charge in [-0.05, 0) is 12.6 Å². The predicted molar refractivity (Wildman–Crippen MR) is 74.3 cm³/mol. The summed E-state index contributed by atoms with van der Waals surface area (Å²) in [6, 6.07) is 1.72. The third-order valence-corrected chi connectivity index (χ3v) is 5.71. The van der Waals surface area contributed by atoms with Crippen molar-refractivity contribution >= 4 is 21.8 Å². The minimum atomic E-state index is -3.31. The highest BCUT2D eigenvalue weighted by Gasteiger charge is 2.26. The number of hydrogen-bond donors (Lipinski definition) is 2. The smallest absolute Gasteiger partial charge is 0.244 e. The number of thioether (sulfide) groups is 1. The zero-order chi connectivity index (χ0) is 13.0. The number of hydrogen-bond acceptors (Lipinski definition) is 4. The van der Waals surface area contributed by atoms with Gasteiger partial charge in [-0.2, -0.15) is 16.1 Å². The number of rotatable bonds is 5. The number of aromatic amines is 1. The van der Waals surface area contributed by atoms with Crippen molar-refractivity contribution in [3.63, 3.8) is 0 Å². The molecule has 1 fully saturated rings. The van der Waals surface area contributed by atoms with E-state index in [1.165, 1.54) is 0 Å². The molecule has 18 heavy (non-hydrogen) atoms. The molecule has 2 N–H and O–H groups in total. The van der Waals surface area contributed by atoms with Crippen LogP contribution in [0, 0.1) is 0 Å². The van der Waals surface area contributed by atoms with Crippen LogP contribution in [0.25, 0.3) is 0 Å². The molecule has 102 valence electrons. The largest absolute Gasteiger partial charge is 0.363 e. The van der Waals surface area contributed by atoms with Gasteiger partial charge in [0.15, 0.2) is 0 Å². The van der Waals surface area contributed by atoms with E-state index in [9.17, 15) is 8.42 Å². The minimum Gasteiger partial charge on any atom is -0.363 e. The normalized spacial score (nSPS) is 18.1. The van der Waals surface area contributed by atoms with Crippen LogP contribution in [-0.2, 0) is 16.6 Å². The van der Waals surface area contributed by atoms with Crippen LogP contribution >= 0.6 is 11.8 Å². The van der Waals surface area contributed by atoms with Gasteiger partial charge in [-0.3, -0.25) is 0 Å². The summed E-state index contributed by atoms with van der Waals surface area (Å²) in [5.41, 5.74) is 0.904. The van der Waals surface area contributed by atoms with Gasteiger partial charge in [0.25, 0.3) is 0 Å². The third kappa shape index (κ3) is 3.09. The topological polar surface area (TPSA) is 65.2 Å². The molecule has 1 aromatic rings. The van der Waals surface area contributed by atoms with Gasteiger partial charge in [-0.15, -0.1) is 0 Å². The Kier molecular flexibility index (Phi) is 4.71. The Hall–Kier alpha value is -0.500. The molecule has 7 heteroatoms. The minimum absolute atomic E-state index is 0.377. The van der Waals surface area contributed by atoms with E-state index in [-0.39, 0.29) is 0 Å². The molecule has 0 amide bonds. The van der Waals surface area contributed by atoms with E-state index in [4.69, 9.17) is 0 Å². The summed E-state index contributed by atoms with van der Waals surface area (Å²) in [4.78, 5) is 3.39. The molecule has 0 atom stereocenters. The fourth-order valence-electron chi connectivity index (χ4n) is 1.87. The Morgan fingerprint density at radius 2 is 2.17 bits per heavy atom. The maximum absolute atomic E-state index is 12.4. The molecule has 1 aliphatic heterocycles. The average molecular weight is 289 g/mol. The molecule has 5 nitrogen and oxygen atoms in total. The van der Waals surface area contributed by atoms with Crippen molar-refractivity contribution in [3.05, 3.63) is 18.0 Å². The number of nitrogens with one attached hydrogen (secondary N) is 2. The Balaban J connectivity index is 2.11.